The number of alkyl halides is 1. The molecule has 0 unspecified atom stereocenters. The molecule has 2 aromatic carbocycles. The Kier molecular flexibility index (Phi) is 8.32. The van der Waals surface area contributed by atoms with Crippen LogP contribution in [0.1, 0.15) is 6.42 Å². The third-order valence-corrected chi connectivity index (χ3v) is 17.4. The molecule has 0 aliphatic heterocycles. The van der Waals surface area contributed by atoms with Crippen LogP contribution >= 0.6 is 30.0 Å². The molecule has 1 aromatic heterocycles. The number of halogens is 2. The van der Waals surface area contributed by atoms with Gasteiger partial charge in [-0.3, -0.25) is 0 Å². The van der Waals surface area contributed by atoms with Crippen molar-refractivity contribution >= 4 is 48.6 Å². The molecule has 1 N–H and O–H groups in total. The molecule has 0 fully saturated rings. The third-order valence-electron chi connectivity index (χ3n) is 4.34. The van der Waals surface area contributed by atoms with Crippen LogP contribution in [0.4, 0.5) is 5.69 Å². The van der Waals surface area contributed by atoms with Gasteiger partial charge in [-0.15, -0.1) is 0 Å². The number of aromatic nitrogens is 1. The number of ether oxygens (including phenoxy) is 2. The van der Waals surface area contributed by atoms with Gasteiger partial charge in [0, 0.05) is 0 Å². The van der Waals surface area contributed by atoms with Gasteiger partial charge in [0.1, 0.15) is 0 Å². The molecule has 3 aromatic rings. The number of benzene rings is 2. The molecule has 1 amide bonds. The molecular formula is C22H22ClIN2O5S. The zero-order valence-corrected chi connectivity index (χ0v) is 21.1. The second-order valence-corrected chi connectivity index (χ2v) is 18.3. The average Bonchev–Trinajstić information content (AvgIpc) is 2.79. The Hall–Kier alpha value is -2.37. The number of carbonyl (C=O) groups is 1. The minimum absolute atomic E-state index is 0.0177. The number of anilines is 1. The predicted molar refractivity (Wildman–Crippen MR) is 133 cm³/mol. The number of methoxy groups -OCH3 is 2. The van der Waals surface area contributed by atoms with E-state index in [4.69, 9.17) is 21.1 Å². The van der Waals surface area contributed by atoms with E-state index in [2.05, 4.69) is 10.3 Å². The number of rotatable bonds is 9. The van der Waals surface area contributed by atoms with Crippen LogP contribution in [0.3, 0.4) is 0 Å². The maximum atomic E-state index is 13.6. The van der Waals surface area contributed by atoms with E-state index in [1.165, 1.54) is 26.6 Å². The van der Waals surface area contributed by atoms with Gasteiger partial charge >= 0.3 is 199 Å². The number of pyridine rings is 1. The van der Waals surface area contributed by atoms with Gasteiger partial charge in [-0.2, -0.15) is 0 Å². The summed E-state index contributed by atoms with van der Waals surface area (Å²) in [6, 6.07) is 15.0. The summed E-state index contributed by atoms with van der Waals surface area (Å²) < 4.78 is 38.8. The Bertz CT molecular complexity index is 1190. The number of amides is 1. The predicted octanol–water partition coefficient (Wildman–Crippen LogP) is 4.85. The Morgan fingerprint density at radius 2 is 1.81 bits per heavy atom. The standard InChI is InChI=1S/C22H22ClIN2O5S/c1-30-18-8-9-21(31-2)20(13-18)24(32(28,29)19-6-4-3-5-7-19)11-10-22(27)26-17-12-16(23)14-25-15-17/h3-9,12-15H,10-11H2,1-2H3,(H,26,27). The molecule has 0 radical (unpaired) electrons. The van der Waals surface area contributed by atoms with Gasteiger partial charge in [0.15, 0.2) is 0 Å². The summed E-state index contributed by atoms with van der Waals surface area (Å²) in [7, 11) is -0.669. The Morgan fingerprint density at radius 3 is 2.47 bits per heavy atom. The van der Waals surface area contributed by atoms with Crippen molar-refractivity contribution in [2.24, 2.45) is 0 Å². The van der Waals surface area contributed by atoms with Crippen molar-refractivity contribution in [3.63, 3.8) is 0 Å². The van der Waals surface area contributed by atoms with Crippen molar-refractivity contribution in [3.05, 3.63) is 75.6 Å². The van der Waals surface area contributed by atoms with E-state index in [-0.39, 0.29) is 21.7 Å². The summed E-state index contributed by atoms with van der Waals surface area (Å²) in [5, 5.41) is 3.11. The summed E-state index contributed by atoms with van der Waals surface area (Å²) in [4.78, 5) is 16.8. The van der Waals surface area contributed by atoms with E-state index in [9.17, 15) is 13.2 Å². The van der Waals surface area contributed by atoms with Gasteiger partial charge in [0.2, 0.25) is 0 Å². The molecule has 0 bridgehead atoms. The molecule has 0 saturated carbocycles. The fourth-order valence-electron chi connectivity index (χ4n) is 2.82. The number of carbonyl (C=O) groups excluding carboxylic acids is 1. The zero-order valence-electron chi connectivity index (χ0n) is 17.4. The van der Waals surface area contributed by atoms with Crippen LogP contribution in [0.25, 0.3) is 0 Å². The summed E-state index contributed by atoms with van der Waals surface area (Å²) in [5.74, 6) is 0.678. The second-order valence-electron chi connectivity index (χ2n) is 6.45. The third kappa shape index (κ3) is 5.90. The molecular weight excluding hydrogens is 567 g/mol. The molecule has 32 heavy (non-hydrogen) atoms. The molecule has 0 atom stereocenters. The van der Waals surface area contributed by atoms with E-state index < -0.39 is 25.4 Å². The van der Waals surface area contributed by atoms with Gasteiger partial charge in [0.25, 0.3) is 0 Å². The maximum absolute atomic E-state index is 13.6. The van der Waals surface area contributed by atoms with Gasteiger partial charge in [-0.05, 0) is 0 Å². The molecule has 7 nitrogen and oxygen atoms in total. The fourth-order valence-corrected chi connectivity index (χ4v) is 15.0. The van der Waals surface area contributed by atoms with Crippen LogP contribution in [0.5, 0.6) is 11.5 Å². The SMILES string of the molecule is COc1ccc(OC)c(I(CCC(=O)Nc2cncc(Cl)c2)S(=O)(=O)c2ccccc2)c1. The topological polar surface area (TPSA) is 94.6 Å². The number of nitrogens with zero attached hydrogens (tertiary/aromatic N) is 1. The van der Waals surface area contributed by atoms with Crippen LogP contribution in [-0.2, 0) is 11.8 Å². The van der Waals surface area contributed by atoms with Gasteiger partial charge < -0.3 is 0 Å². The van der Waals surface area contributed by atoms with Crippen LogP contribution < -0.4 is 14.8 Å². The van der Waals surface area contributed by atoms with Gasteiger partial charge in [-0.25, -0.2) is 0 Å². The van der Waals surface area contributed by atoms with Gasteiger partial charge in [-0.1, -0.05) is 0 Å². The van der Waals surface area contributed by atoms with Gasteiger partial charge in [0.05, 0.1) is 0 Å². The first-order chi connectivity index (χ1) is 15.3. The van der Waals surface area contributed by atoms with Crippen molar-refractivity contribution in [1.29, 1.82) is 0 Å². The van der Waals surface area contributed by atoms with E-state index in [0.717, 1.165) is 0 Å². The van der Waals surface area contributed by atoms with E-state index in [0.29, 0.717) is 25.8 Å². The Balaban J connectivity index is 1.94. The normalized spacial score (nSPS) is 11.5. The molecule has 0 aliphatic rings. The Labute approximate surface area is 197 Å². The molecule has 0 aliphatic carbocycles. The van der Waals surface area contributed by atoms with Crippen molar-refractivity contribution in [1.82, 2.24) is 4.98 Å². The van der Waals surface area contributed by atoms with Crippen molar-refractivity contribution in [2.45, 2.75) is 11.3 Å². The molecule has 0 spiro atoms. The van der Waals surface area contributed by atoms with Crippen molar-refractivity contribution < 1.29 is 22.7 Å². The number of hydrogen-bond donors (Lipinski definition) is 1. The van der Waals surface area contributed by atoms with E-state index >= 15 is 0 Å². The van der Waals surface area contributed by atoms with Crippen LogP contribution in [0.2, 0.25) is 5.02 Å². The molecule has 1 heterocycles. The monoisotopic (exact) mass is 588 g/mol. The quantitative estimate of drug-likeness (QED) is 0.218. The van der Waals surface area contributed by atoms with E-state index in [1.54, 1.807) is 54.6 Å². The molecule has 170 valence electrons. The Morgan fingerprint density at radius 1 is 1.06 bits per heavy atom. The zero-order chi connectivity index (χ0) is 23.1. The summed E-state index contributed by atoms with van der Waals surface area (Å²) in [5.41, 5.74) is 0.452. The van der Waals surface area contributed by atoms with Crippen LogP contribution in [0, 0.1) is 3.57 Å². The van der Waals surface area contributed by atoms with Crippen molar-refractivity contribution in [3.8, 4) is 11.5 Å². The minimum atomic E-state index is -3.68. The number of hydrogen-bond acceptors (Lipinski definition) is 6. The molecule has 3 rings (SSSR count). The second kappa shape index (κ2) is 11.0. The fraction of sp³-hybridized carbons (Fsp3) is 0.182. The van der Waals surface area contributed by atoms with Crippen molar-refractivity contribution in [2.75, 3.05) is 24.0 Å². The summed E-state index contributed by atoms with van der Waals surface area (Å²) in [6.45, 7) is 0. The van der Waals surface area contributed by atoms with E-state index in [1.807, 2.05) is 0 Å². The first-order valence-corrected chi connectivity index (χ1v) is 16.4. The summed E-state index contributed by atoms with van der Waals surface area (Å²) in [6.07, 6.45) is 2.96. The molecule has 0 saturated heterocycles. The average molecular weight is 589 g/mol. The van der Waals surface area contributed by atoms with Crippen LogP contribution in [-0.4, -0.2) is 38.0 Å². The van der Waals surface area contributed by atoms with Crippen LogP contribution in [0.15, 0.2) is 71.9 Å². The first-order valence-electron chi connectivity index (χ1n) is 9.44. The number of nitrogens with one attached hydrogen (secondary N) is 1. The summed E-state index contributed by atoms with van der Waals surface area (Å²) >= 11 is 2.85. The first kappa shape index (κ1) is 24.3. The molecule has 10 heteroatoms.